The summed E-state index contributed by atoms with van der Waals surface area (Å²) in [6, 6.07) is 6.22. The van der Waals surface area contributed by atoms with Crippen molar-refractivity contribution < 1.29 is 9.52 Å². The topological polar surface area (TPSA) is 54.4 Å². The van der Waals surface area contributed by atoms with Gasteiger partial charge in [0.25, 0.3) is 0 Å². The Morgan fingerprint density at radius 1 is 1.25 bits per heavy atom. The van der Waals surface area contributed by atoms with Gasteiger partial charge in [0.05, 0.1) is 36.3 Å². The first-order valence-corrected chi connectivity index (χ1v) is 8.25. The average Bonchev–Trinajstić information content (AvgIpc) is 3.07. The summed E-state index contributed by atoms with van der Waals surface area (Å²) >= 11 is 0. The molecule has 0 aliphatic rings. The standard InChI is InChI=1S/C19H25N3O2/c1-13-7-18-19(8-14(13)2)22(12-20-18)11-17(23)10-21(4)9-16-5-6-24-15(16)3/h5-8,12,17,23H,9-11H2,1-4H3. The molecule has 0 radical (unpaired) electrons. The number of hydrogen-bond donors (Lipinski definition) is 1. The number of aryl methyl sites for hydroxylation is 3. The van der Waals surface area contributed by atoms with E-state index in [0.717, 1.165) is 28.9 Å². The van der Waals surface area contributed by atoms with Crippen molar-refractivity contribution >= 4 is 11.0 Å². The number of hydrogen-bond acceptors (Lipinski definition) is 4. The van der Waals surface area contributed by atoms with E-state index in [0.29, 0.717) is 13.1 Å². The normalized spacial score (nSPS) is 13.1. The lowest BCUT2D eigenvalue weighted by atomic mass is 10.1. The summed E-state index contributed by atoms with van der Waals surface area (Å²) in [5, 5.41) is 10.5. The number of aliphatic hydroxyl groups excluding tert-OH is 1. The molecule has 0 aliphatic carbocycles. The maximum atomic E-state index is 10.5. The second-order valence-electron chi connectivity index (χ2n) is 6.67. The molecule has 0 fully saturated rings. The summed E-state index contributed by atoms with van der Waals surface area (Å²) in [5.74, 6) is 0.933. The Balaban J connectivity index is 1.65. The van der Waals surface area contributed by atoms with Crippen molar-refractivity contribution in [2.24, 2.45) is 0 Å². The van der Waals surface area contributed by atoms with Crippen LogP contribution in [0.4, 0.5) is 0 Å². The van der Waals surface area contributed by atoms with E-state index in [1.54, 1.807) is 6.26 Å². The monoisotopic (exact) mass is 327 g/mol. The highest BCUT2D eigenvalue weighted by atomic mass is 16.3. The number of benzene rings is 1. The Hall–Kier alpha value is -2.11. The van der Waals surface area contributed by atoms with Gasteiger partial charge in [0.1, 0.15) is 5.76 Å². The van der Waals surface area contributed by atoms with E-state index < -0.39 is 6.10 Å². The molecule has 24 heavy (non-hydrogen) atoms. The summed E-state index contributed by atoms with van der Waals surface area (Å²) in [6.07, 6.45) is 3.06. The van der Waals surface area contributed by atoms with Gasteiger partial charge >= 0.3 is 0 Å². The van der Waals surface area contributed by atoms with Crippen LogP contribution in [0.3, 0.4) is 0 Å². The third kappa shape index (κ3) is 3.52. The molecule has 0 bridgehead atoms. The van der Waals surface area contributed by atoms with Crippen molar-refractivity contribution in [3.63, 3.8) is 0 Å². The van der Waals surface area contributed by atoms with Gasteiger partial charge in [-0.1, -0.05) is 0 Å². The highest BCUT2D eigenvalue weighted by Crippen LogP contribution is 2.19. The summed E-state index contributed by atoms with van der Waals surface area (Å²) in [7, 11) is 2.01. The molecule has 1 atom stereocenters. The number of rotatable bonds is 6. The molecule has 0 aliphatic heterocycles. The number of likely N-dealkylation sites (N-methyl/N-ethyl adjacent to an activating group) is 1. The molecule has 0 spiro atoms. The van der Waals surface area contributed by atoms with Crippen LogP contribution in [0.5, 0.6) is 0 Å². The fourth-order valence-electron chi connectivity index (χ4n) is 3.03. The van der Waals surface area contributed by atoms with Crippen LogP contribution in [-0.4, -0.2) is 39.3 Å². The first-order valence-electron chi connectivity index (χ1n) is 8.25. The SMILES string of the molecule is Cc1cc2ncn(CC(O)CN(C)Cc3ccoc3C)c2cc1C. The minimum Gasteiger partial charge on any atom is -0.469 e. The molecule has 0 amide bonds. The fraction of sp³-hybridized carbons (Fsp3) is 0.421. The Kier molecular flexibility index (Phi) is 4.73. The Morgan fingerprint density at radius 3 is 2.71 bits per heavy atom. The second kappa shape index (κ2) is 6.79. The van der Waals surface area contributed by atoms with E-state index in [1.807, 2.05) is 30.9 Å². The first-order chi connectivity index (χ1) is 11.4. The quantitative estimate of drug-likeness (QED) is 0.756. The van der Waals surface area contributed by atoms with E-state index in [9.17, 15) is 5.11 Å². The third-order valence-electron chi connectivity index (χ3n) is 4.57. The predicted molar refractivity (Wildman–Crippen MR) is 95.0 cm³/mol. The molecule has 0 saturated heterocycles. The smallest absolute Gasteiger partial charge is 0.105 e. The van der Waals surface area contributed by atoms with Crippen molar-refractivity contribution in [2.45, 2.75) is 40.0 Å². The minimum atomic E-state index is -0.457. The van der Waals surface area contributed by atoms with Crippen molar-refractivity contribution in [2.75, 3.05) is 13.6 Å². The largest absolute Gasteiger partial charge is 0.469 e. The van der Waals surface area contributed by atoms with Crippen LogP contribution in [0.25, 0.3) is 11.0 Å². The number of imidazole rings is 1. The van der Waals surface area contributed by atoms with E-state index >= 15 is 0 Å². The number of aromatic nitrogens is 2. The zero-order valence-electron chi connectivity index (χ0n) is 14.8. The number of furan rings is 1. The van der Waals surface area contributed by atoms with Gasteiger partial charge in [0.2, 0.25) is 0 Å². The summed E-state index contributed by atoms with van der Waals surface area (Å²) in [6.45, 7) is 8.05. The lowest BCUT2D eigenvalue weighted by Gasteiger charge is -2.21. The van der Waals surface area contributed by atoms with Crippen molar-refractivity contribution in [1.82, 2.24) is 14.5 Å². The highest BCUT2D eigenvalue weighted by molar-refractivity contribution is 5.77. The molecule has 5 heteroatoms. The molecule has 1 unspecified atom stereocenters. The Bertz CT molecular complexity index is 834. The molecule has 3 rings (SSSR count). The molecule has 2 aromatic heterocycles. The maximum absolute atomic E-state index is 10.5. The van der Waals surface area contributed by atoms with Crippen LogP contribution < -0.4 is 0 Å². The lowest BCUT2D eigenvalue weighted by Crippen LogP contribution is -2.31. The summed E-state index contributed by atoms with van der Waals surface area (Å²) in [4.78, 5) is 6.56. The molecule has 1 aromatic carbocycles. The van der Waals surface area contributed by atoms with Gasteiger partial charge in [-0.15, -0.1) is 0 Å². The van der Waals surface area contributed by atoms with Crippen molar-refractivity contribution in [1.29, 1.82) is 0 Å². The highest BCUT2D eigenvalue weighted by Gasteiger charge is 2.13. The van der Waals surface area contributed by atoms with E-state index in [1.165, 1.54) is 11.1 Å². The van der Waals surface area contributed by atoms with Crippen molar-refractivity contribution in [3.05, 3.63) is 53.2 Å². The Labute approximate surface area is 142 Å². The Morgan fingerprint density at radius 2 is 2.00 bits per heavy atom. The van der Waals surface area contributed by atoms with Gasteiger partial charge in [0, 0.05) is 18.7 Å². The van der Waals surface area contributed by atoms with Crippen LogP contribution in [-0.2, 0) is 13.1 Å². The lowest BCUT2D eigenvalue weighted by molar-refractivity contribution is 0.108. The molecule has 0 saturated carbocycles. The third-order valence-corrected chi connectivity index (χ3v) is 4.57. The summed E-state index contributed by atoms with van der Waals surface area (Å²) in [5.41, 5.74) is 5.69. The molecule has 2 heterocycles. The van der Waals surface area contributed by atoms with Crippen LogP contribution in [0, 0.1) is 20.8 Å². The summed E-state index contributed by atoms with van der Waals surface area (Å²) < 4.78 is 7.35. The zero-order valence-corrected chi connectivity index (χ0v) is 14.8. The average molecular weight is 327 g/mol. The maximum Gasteiger partial charge on any atom is 0.105 e. The molecule has 128 valence electrons. The van der Waals surface area contributed by atoms with Crippen LogP contribution in [0.1, 0.15) is 22.5 Å². The van der Waals surface area contributed by atoms with Gasteiger partial charge < -0.3 is 14.1 Å². The van der Waals surface area contributed by atoms with E-state index in [-0.39, 0.29) is 0 Å². The van der Waals surface area contributed by atoms with Crippen LogP contribution in [0.15, 0.2) is 35.2 Å². The van der Waals surface area contributed by atoms with Gasteiger partial charge in [-0.05, 0) is 57.1 Å². The molecular weight excluding hydrogens is 302 g/mol. The first kappa shape index (κ1) is 16.7. The molecule has 5 nitrogen and oxygen atoms in total. The van der Waals surface area contributed by atoms with Crippen molar-refractivity contribution in [3.8, 4) is 0 Å². The van der Waals surface area contributed by atoms with Gasteiger partial charge in [-0.25, -0.2) is 4.98 Å². The predicted octanol–water partition coefficient (Wildman–Crippen LogP) is 3.05. The van der Waals surface area contributed by atoms with Gasteiger partial charge in [0.15, 0.2) is 0 Å². The molecule has 3 aromatic rings. The number of aliphatic hydroxyl groups is 1. The van der Waals surface area contributed by atoms with Gasteiger partial charge in [-0.3, -0.25) is 4.90 Å². The van der Waals surface area contributed by atoms with E-state index in [4.69, 9.17) is 4.42 Å². The second-order valence-corrected chi connectivity index (χ2v) is 6.67. The number of fused-ring (bicyclic) bond motifs is 1. The zero-order chi connectivity index (χ0) is 17.3. The minimum absolute atomic E-state index is 0.457. The molecular formula is C19H25N3O2. The van der Waals surface area contributed by atoms with Crippen LogP contribution >= 0.6 is 0 Å². The fourth-order valence-corrected chi connectivity index (χ4v) is 3.03. The van der Waals surface area contributed by atoms with Gasteiger partial charge in [-0.2, -0.15) is 0 Å². The van der Waals surface area contributed by atoms with E-state index in [2.05, 4.69) is 35.9 Å². The number of nitrogens with zero attached hydrogens (tertiary/aromatic N) is 3. The molecule has 1 N–H and O–H groups in total. The van der Waals surface area contributed by atoms with Crippen LogP contribution in [0.2, 0.25) is 0 Å².